The predicted molar refractivity (Wildman–Crippen MR) is 74.1 cm³/mol. The molecule has 0 aromatic heterocycles. The summed E-state index contributed by atoms with van der Waals surface area (Å²) in [7, 11) is -3.57. The molecule has 0 saturated carbocycles. The Morgan fingerprint density at radius 2 is 1.67 bits per heavy atom. The topological polar surface area (TPSA) is 58.5 Å². The average Bonchev–Trinajstić information content (AvgIpc) is 2.25. The average molecular weight is 268 g/mol. The summed E-state index contributed by atoms with van der Waals surface area (Å²) in [5, 5.41) is 3.94. The molecule has 1 rings (SSSR count). The summed E-state index contributed by atoms with van der Waals surface area (Å²) in [4.78, 5) is 2.48. The van der Waals surface area contributed by atoms with Gasteiger partial charge in [0.15, 0.2) is 0 Å². The maximum atomic E-state index is 12.0. The van der Waals surface area contributed by atoms with Crippen LogP contribution in [0, 0.1) is 12.3 Å². The Morgan fingerprint density at radius 3 is 2.11 bits per heavy atom. The van der Waals surface area contributed by atoms with Crippen LogP contribution in [-0.2, 0) is 10.0 Å². The van der Waals surface area contributed by atoms with E-state index in [4.69, 9.17) is 0 Å². The van der Waals surface area contributed by atoms with Gasteiger partial charge >= 0.3 is 0 Å². The van der Waals surface area contributed by atoms with Crippen molar-refractivity contribution in [3.05, 3.63) is 29.8 Å². The minimum absolute atomic E-state index is 0.157. The van der Waals surface area contributed by atoms with Crippen LogP contribution in [0.15, 0.2) is 34.3 Å². The summed E-state index contributed by atoms with van der Waals surface area (Å²) in [6, 6.07) is 6.66. The van der Waals surface area contributed by atoms with E-state index in [-0.39, 0.29) is 10.3 Å². The van der Waals surface area contributed by atoms with Crippen LogP contribution in [0.5, 0.6) is 0 Å². The van der Waals surface area contributed by atoms with Crippen LogP contribution in [0.4, 0.5) is 0 Å². The van der Waals surface area contributed by atoms with Gasteiger partial charge in [0.1, 0.15) is 0 Å². The monoisotopic (exact) mass is 268 g/mol. The van der Waals surface area contributed by atoms with Gasteiger partial charge in [-0.2, -0.15) is 13.5 Å². The van der Waals surface area contributed by atoms with E-state index in [2.05, 4.69) is 9.93 Å². The highest BCUT2D eigenvalue weighted by Crippen LogP contribution is 2.16. The number of nitrogens with one attached hydrogen (secondary N) is 1. The van der Waals surface area contributed by atoms with E-state index in [1.54, 1.807) is 31.2 Å². The second-order valence-electron chi connectivity index (χ2n) is 5.35. The van der Waals surface area contributed by atoms with Crippen molar-refractivity contribution in [3.8, 4) is 0 Å². The van der Waals surface area contributed by atoms with Crippen molar-refractivity contribution in [2.45, 2.75) is 39.5 Å². The van der Waals surface area contributed by atoms with Crippen molar-refractivity contribution in [3.63, 3.8) is 0 Å². The lowest BCUT2D eigenvalue weighted by atomic mass is 9.91. The largest absolute Gasteiger partial charge is 0.276 e. The van der Waals surface area contributed by atoms with Crippen LogP contribution in [0.2, 0.25) is 0 Å². The Morgan fingerprint density at radius 1 is 1.17 bits per heavy atom. The van der Waals surface area contributed by atoms with Gasteiger partial charge in [-0.25, -0.2) is 4.83 Å². The molecular formula is C13H20N2O2S. The summed E-state index contributed by atoms with van der Waals surface area (Å²) in [5.41, 5.74) is 1.59. The first-order valence-electron chi connectivity index (χ1n) is 5.76. The number of rotatable bonds is 3. The molecule has 0 aliphatic rings. The summed E-state index contributed by atoms with van der Waals surface area (Å²) in [6.45, 7) is 9.65. The summed E-state index contributed by atoms with van der Waals surface area (Å²) >= 11 is 0. The van der Waals surface area contributed by atoms with E-state index < -0.39 is 10.0 Å². The van der Waals surface area contributed by atoms with Crippen molar-refractivity contribution in [2.24, 2.45) is 10.5 Å². The van der Waals surface area contributed by atoms with Crippen molar-refractivity contribution in [1.29, 1.82) is 0 Å². The number of hydrogen-bond acceptors (Lipinski definition) is 3. The van der Waals surface area contributed by atoms with Crippen molar-refractivity contribution < 1.29 is 8.42 Å². The summed E-state index contributed by atoms with van der Waals surface area (Å²) in [5.74, 6) is 0. The number of sulfonamides is 1. The van der Waals surface area contributed by atoms with Crippen LogP contribution in [-0.4, -0.2) is 14.1 Å². The minimum atomic E-state index is -3.57. The fourth-order valence-electron chi connectivity index (χ4n) is 1.07. The fraction of sp³-hybridized carbons (Fsp3) is 0.462. The molecule has 1 N–H and O–H groups in total. The molecule has 0 unspecified atom stereocenters. The smallest absolute Gasteiger partial charge is 0.200 e. The molecule has 18 heavy (non-hydrogen) atoms. The normalized spacial score (nSPS) is 13.5. The molecule has 0 aliphatic carbocycles. The molecule has 0 spiro atoms. The third kappa shape index (κ3) is 3.84. The molecule has 0 heterocycles. The maximum absolute atomic E-state index is 12.0. The molecule has 0 amide bonds. The molecule has 0 bridgehead atoms. The molecule has 0 atom stereocenters. The zero-order valence-electron chi connectivity index (χ0n) is 11.5. The first-order valence-corrected chi connectivity index (χ1v) is 7.24. The zero-order chi connectivity index (χ0) is 14.0. The van der Waals surface area contributed by atoms with Gasteiger partial charge in [0.05, 0.1) is 4.90 Å². The van der Waals surface area contributed by atoms with Gasteiger partial charge in [-0.05, 0) is 26.0 Å². The molecule has 0 fully saturated rings. The van der Waals surface area contributed by atoms with Crippen LogP contribution in [0.25, 0.3) is 0 Å². The number of hydrazone groups is 1. The summed E-state index contributed by atoms with van der Waals surface area (Å²) < 4.78 is 23.9. The van der Waals surface area contributed by atoms with Crippen LogP contribution in [0.1, 0.15) is 33.3 Å². The molecule has 100 valence electrons. The zero-order valence-corrected chi connectivity index (χ0v) is 12.3. The van der Waals surface area contributed by atoms with Gasteiger partial charge in [0.2, 0.25) is 0 Å². The molecule has 0 radical (unpaired) electrons. The highest BCUT2D eigenvalue weighted by Gasteiger charge is 2.17. The van der Waals surface area contributed by atoms with E-state index >= 15 is 0 Å². The SMILES string of the molecule is C/C(=N/NS(=O)(=O)c1ccc(C)cc1)C(C)(C)C. The molecule has 5 heteroatoms. The highest BCUT2D eigenvalue weighted by molar-refractivity contribution is 7.89. The van der Waals surface area contributed by atoms with Gasteiger partial charge < -0.3 is 0 Å². The van der Waals surface area contributed by atoms with E-state index in [0.29, 0.717) is 0 Å². The van der Waals surface area contributed by atoms with Crippen molar-refractivity contribution in [2.75, 3.05) is 0 Å². The molecule has 1 aromatic rings. The molecule has 0 aliphatic heterocycles. The van der Waals surface area contributed by atoms with Gasteiger partial charge in [-0.3, -0.25) is 0 Å². The fourth-order valence-corrected chi connectivity index (χ4v) is 1.92. The number of hydrogen-bond donors (Lipinski definition) is 1. The Balaban J connectivity index is 2.94. The lowest BCUT2D eigenvalue weighted by Gasteiger charge is -2.17. The van der Waals surface area contributed by atoms with Gasteiger partial charge in [0, 0.05) is 11.1 Å². The van der Waals surface area contributed by atoms with Crippen molar-refractivity contribution in [1.82, 2.24) is 4.83 Å². The molecule has 1 aromatic carbocycles. The number of aryl methyl sites for hydroxylation is 1. The predicted octanol–water partition coefficient (Wildman–Crippen LogP) is 2.70. The number of benzene rings is 1. The van der Waals surface area contributed by atoms with Gasteiger partial charge in [-0.1, -0.05) is 38.5 Å². The third-order valence-corrected chi connectivity index (χ3v) is 3.97. The second kappa shape index (κ2) is 5.10. The van der Waals surface area contributed by atoms with E-state index in [9.17, 15) is 8.42 Å². The highest BCUT2D eigenvalue weighted by atomic mass is 32.2. The van der Waals surface area contributed by atoms with Crippen LogP contribution in [0.3, 0.4) is 0 Å². The van der Waals surface area contributed by atoms with E-state index in [0.717, 1.165) is 11.3 Å². The Labute approximate surface area is 109 Å². The van der Waals surface area contributed by atoms with E-state index in [1.807, 2.05) is 27.7 Å². The van der Waals surface area contributed by atoms with E-state index in [1.165, 1.54) is 0 Å². The summed E-state index contributed by atoms with van der Waals surface area (Å²) in [6.07, 6.45) is 0. The van der Waals surface area contributed by atoms with Crippen LogP contribution >= 0.6 is 0 Å². The first-order chi connectivity index (χ1) is 8.13. The Kier molecular flexibility index (Phi) is 4.16. The Bertz CT molecular complexity index is 537. The molecule has 0 saturated heterocycles. The van der Waals surface area contributed by atoms with Crippen molar-refractivity contribution >= 4 is 15.7 Å². The standard InChI is InChI=1S/C13H20N2O2S/c1-10-6-8-12(9-7-10)18(16,17)15-14-11(2)13(3,4)5/h6-9,15H,1-5H3/b14-11-. The number of nitrogens with zero attached hydrogens (tertiary/aromatic N) is 1. The van der Waals surface area contributed by atoms with Gasteiger partial charge in [-0.15, -0.1) is 0 Å². The lowest BCUT2D eigenvalue weighted by Crippen LogP contribution is -2.24. The Hall–Kier alpha value is -1.36. The maximum Gasteiger partial charge on any atom is 0.276 e. The molecule has 4 nitrogen and oxygen atoms in total. The minimum Gasteiger partial charge on any atom is -0.200 e. The van der Waals surface area contributed by atoms with Gasteiger partial charge in [0.25, 0.3) is 10.0 Å². The first kappa shape index (κ1) is 14.7. The quantitative estimate of drug-likeness (QED) is 0.677. The molecular weight excluding hydrogens is 248 g/mol. The third-order valence-electron chi connectivity index (χ3n) is 2.75. The lowest BCUT2D eigenvalue weighted by molar-refractivity contribution is 0.571. The van der Waals surface area contributed by atoms with Crippen LogP contribution < -0.4 is 4.83 Å². The second-order valence-corrected chi connectivity index (χ2v) is 7.02.